The van der Waals surface area contributed by atoms with Gasteiger partial charge in [-0.2, -0.15) is 0 Å². The fourth-order valence-corrected chi connectivity index (χ4v) is 4.00. The van der Waals surface area contributed by atoms with E-state index in [1.807, 2.05) is 95.9 Å². The monoisotopic (exact) mass is 481 g/mol. The molecule has 1 aromatic heterocycles. The van der Waals surface area contributed by atoms with E-state index in [9.17, 15) is 4.79 Å². The number of hydrogen-bond donors (Lipinski definition) is 1. The molecule has 8 heteroatoms. The number of amides is 2. The predicted molar refractivity (Wildman–Crippen MR) is 140 cm³/mol. The van der Waals surface area contributed by atoms with Gasteiger partial charge in [-0.05, 0) is 60.7 Å². The van der Waals surface area contributed by atoms with Gasteiger partial charge in [0.15, 0.2) is 5.82 Å². The number of benzene rings is 3. The highest BCUT2D eigenvalue weighted by molar-refractivity contribution is 5.89. The molecule has 0 saturated carbocycles. The van der Waals surface area contributed by atoms with E-state index < -0.39 is 0 Å². The zero-order valence-corrected chi connectivity index (χ0v) is 20.0. The minimum atomic E-state index is -0.120. The molecule has 182 valence electrons. The summed E-state index contributed by atoms with van der Waals surface area (Å²) in [6.07, 6.45) is 0. The summed E-state index contributed by atoms with van der Waals surface area (Å²) in [7, 11) is 1.64. The zero-order chi connectivity index (χ0) is 24.7. The Hall–Kier alpha value is -4.59. The van der Waals surface area contributed by atoms with E-state index in [-0.39, 0.29) is 6.03 Å². The zero-order valence-electron chi connectivity index (χ0n) is 20.0. The quantitative estimate of drug-likeness (QED) is 0.403. The Morgan fingerprint density at radius 3 is 2.19 bits per heavy atom. The lowest BCUT2D eigenvalue weighted by Crippen LogP contribution is -2.50. The molecule has 2 amide bonds. The molecule has 1 saturated heterocycles. The Morgan fingerprint density at radius 2 is 1.50 bits per heavy atom. The number of methoxy groups -OCH3 is 1. The first-order chi connectivity index (χ1) is 17.7. The number of nitrogens with one attached hydrogen (secondary N) is 1. The van der Waals surface area contributed by atoms with Crippen molar-refractivity contribution in [2.75, 3.05) is 43.5 Å². The summed E-state index contributed by atoms with van der Waals surface area (Å²) in [6, 6.07) is 28.5. The van der Waals surface area contributed by atoms with Gasteiger partial charge in [0.2, 0.25) is 0 Å². The molecule has 0 unspecified atom stereocenters. The van der Waals surface area contributed by atoms with E-state index in [1.165, 1.54) is 0 Å². The van der Waals surface area contributed by atoms with Gasteiger partial charge >= 0.3 is 6.03 Å². The first-order valence-electron chi connectivity index (χ1n) is 11.8. The van der Waals surface area contributed by atoms with Crippen molar-refractivity contribution in [1.29, 1.82) is 0 Å². The highest BCUT2D eigenvalue weighted by atomic mass is 16.5. The molecule has 1 N–H and O–H groups in total. The van der Waals surface area contributed by atoms with E-state index in [2.05, 4.69) is 20.4 Å². The van der Waals surface area contributed by atoms with Crippen molar-refractivity contribution in [2.24, 2.45) is 0 Å². The number of ether oxygens (including phenoxy) is 2. The summed E-state index contributed by atoms with van der Waals surface area (Å²) in [5.74, 6) is 3.07. The molecule has 0 radical (unpaired) electrons. The lowest BCUT2D eigenvalue weighted by Gasteiger charge is -2.35. The molecule has 0 aliphatic carbocycles. The third-order valence-corrected chi connectivity index (χ3v) is 5.99. The second-order valence-electron chi connectivity index (χ2n) is 8.35. The summed E-state index contributed by atoms with van der Waals surface area (Å²) in [4.78, 5) is 16.7. The van der Waals surface area contributed by atoms with Crippen molar-refractivity contribution in [3.05, 3.63) is 91.0 Å². The predicted octanol–water partition coefficient (Wildman–Crippen LogP) is 5.30. The summed E-state index contributed by atoms with van der Waals surface area (Å²) < 4.78 is 11.1. The lowest BCUT2D eigenvalue weighted by atomic mass is 10.1. The van der Waals surface area contributed by atoms with Crippen LogP contribution in [-0.2, 0) is 0 Å². The normalized spacial score (nSPS) is 13.2. The molecule has 4 aromatic rings. The lowest BCUT2D eigenvalue weighted by molar-refractivity contribution is 0.208. The van der Waals surface area contributed by atoms with Crippen LogP contribution < -0.4 is 19.7 Å². The van der Waals surface area contributed by atoms with E-state index in [0.29, 0.717) is 31.9 Å². The molecule has 0 atom stereocenters. The smallest absolute Gasteiger partial charge is 0.321 e. The molecule has 1 aliphatic heterocycles. The van der Waals surface area contributed by atoms with E-state index in [0.717, 1.165) is 34.3 Å². The molecular weight excluding hydrogens is 454 g/mol. The molecule has 36 heavy (non-hydrogen) atoms. The number of urea groups is 1. The van der Waals surface area contributed by atoms with E-state index in [1.54, 1.807) is 7.11 Å². The van der Waals surface area contributed by atoms with Crippen molar-refractivity contribution in [3.63, 3.8) is 0 Å². The van der Waals surface area contributed by atoms with Gasteiger partial charge in [-0.25, -0.2) is 4.79 Å². The van der Waals surface area contributed by atoms with Crippen LogP contribution in [0.15, 0.2) is 91.0 Å². The summed E-state index contributed by atoms with van der Waals surface area (Å²) in [5, 5.41) is 11.8. The molecule has 0 bridgehead atoms. The standard InChI is InChI=1S/C28H27N5O3/c1-35-25-9-5-6-21(20-25)26-14-15-27(31-30-26)32-16-18-33(19-17-32)28(34)29-22-10-12-24(13-11-22)36-23-7-3-2-4-8-23/h2-15,20H,16-19H2,1H3,(H,29,34). The van der Waals surface area contributed by atoms with E-state index in [4.69, 9.17) is 9.47 Å². The molecule has 8 nitrogen and oxygen atoms in total. The van der Waals surface area contributed by atoms with Crippen LogP contribution in [-0.4, -0.2) is 54.4 Å². The number of aromatic nitrogens is 2. The maximum atomic E-state index is 12.8. The largest absolute Gasteiger partial charge is 0.497 e. The van der Waals surface area contributed by atoms with Gasteiger partial charge in [-0.3, -0.25) is 0 Å². The van der Waals surface area contributed by atoms with Gasteiger partial charge < -0.3 is 24.6 Å². The van der Waals surface area contributed by atoms with Gasteiger partial charge in [-0.1, -0.05) is 30.3 Å². The van der Waals surface area contributed by atoms with Crippen LogP contribution >= 0.6 is 0 Å². The third-order valence-electron chi connectivity index (χ3n) is 5.99. The number of anilines is 2. The van der Waals surface area contributed by atoms with Crippen molar-refractivity contribution < 1.29 is 14.3 Å². The van der Waals surface area contributed by atoms with Crippen molar-refractivity contribution in [2.45, 2.75) is 0 Å². The van der Waals surface area contributed by atoms with Crippen molar-refractivity contribution in [3.8, 4) is 28.5 Å². The second kappa shape index (κ2) is 10.8. The molecule has 1 fully saturated rings. The van der Waals surface area contributed by atoms with Crippen LogP contribution in [0.1, 0.15) is 0 Å². The topological polar surface area (TPSA) is 79.8 Å². The van der Waals surface area contributed by atoms with Gasteiger partial charge in [0.1, 0.15) is 17.2 Å². The maximum absolute atomic E-state index is 12.8. The average molecular weight is 482 g/mol. The Balaban J connectivity index is 1.13. The number of carbonyl (C=O) groups is 1. The SMILES string of the molecule is COc1cccc(-c2ccc(N3CCN(C(=O)Nc4ccc(Oc5ccccc5)cc4)CC3)nn2)c1. The van der Waals surface area contributed by atoms with Gasteiger partial charge in [0.25, 0.3) is 0 Å². The van der Waals surface area contributed by atoms with Gasteiger partial charge in [-0.15, -0.1) is 10.2 Å². The number of carbonyl (C=O) groups excluding carboxylic acids is 1. The summed E-state index contributed by atoms with van der Waals surface area (Å²) in [5.41, 5.74) is 2.47. The number of hydrogen-bond acceptors (Lipinski definition) is 6. The first-order valence-corrected chi connectivity index (χ1v) is 11.8. The minimum Gasteiger partial charge on any atom is -0.497 e. The van der Waals surface area contributed by atoms with Gasteiger partial charge in [0.05, 0.1) is 12.8 Å². The molecule has 0 spiro atoms. The highest BCUT2D eigenvalue weighted by Gasteiger charge is 2.22. The van der Waals surface area contributed by atoms with Crippen molar-refractivity contribution >= 4 is 17.5 Å². The van der Waals surface area contributed by atoms with Crippen LogP contribution in [0, 0.1) is 0 Å². The molecule has 2 heterocycles. The Bertz CT molecular complexity index is 1290. The molecular formula is C28H27N5O3. The van der Waals surface area contributed by atoms with Crippen molar-refractivity contribution in [1.82, 2.24) is 15.1 Å². The average Bonchev–Trinajstić information content (AvgIpc) is 2.95. The summed E-state index contributed by atoms with van der Waals surface area (Å²) in [6.45, 7) is 2.57. The maximum Gasteiger partial charge on any atom is 0.321 e. The Kier molecular flexibility index (Phi) is 6.93. The number of rotatable bonds is 6. The molecule has 5 rings (SSSR count). The van der Waals surface area contributed by atoms with Crippen LogP contribution in [0.3, 0.4) is 0 Å². The van der Waals surface area contributed by atoms with Crippen LogP contribution in [0.2, 0.25) is 0 Å². The highest BCUT2D eigenvalue weighted by Crippen LogP contribution is 2.24. The molecule has 1 aliphatic rings. The summed E-state index contributed by atoms with van der Waals surface area (Å²) >= 11 is 0. The second-order valence-corrected chi connectivity index (χ2v) is 8.35. The number of piperazine rings is 1. The number of nitrogens with zero attached hydrogens (tertiary/aromatic N) is 4. The fraction of sp³-hybridized carbons (Fsp3) is 0.179. The van der Waals surface area contributed by atoms with Crippen LogP contribution in [0.25, 0.3) is 11.3 Å². The Labute approximate surface area is 210 Å². The number of para-hydroxylation sites is 1. The molecule has 3 aromatic carbocycles. The third kappa shape index (κ3) is 5.55. The van der Waals surface area contributed by atoms with E-state index >= 15 is 0 Å². The minimum absolute atomic E-state index is 0.120. The Morgan fingerprint density at radius 1 is 0.778 bits per heavy atom. The van der Waals surface area contributed by atoms with Crippen LogP contribution in [0.4, 0.5) is 16.3 Å². The first kappa shape index (κ1) is 23.2. The van der Waals surface area contributed by atoms with Crippen LogP contribution in [0.5, 0.6) is 17.2 Å². The fourth-order valence-electron chi connectivity index (χ4n) is 4.00. The van der Waals surface area contributed by atoms with Gasteiger partial charge in [0, 0.05) is 37.4 Å².